The second-order valence-corrected chi connectivity index (χ2v) is 6.38. The standard InChI is InChI=1S/C16H20N2O4/c1-16(10-19)7-4-8-18(9-16)14(20)11-5-3-6-12-13(11)22-15(21)17(12)2/h3,5-6,19H,4,7-10H2,1-2H3. The van der Waals surface area contributed by atoms with E-state index in [-0.39, 0.29) is 17.9 Å². The lowest BCUT2D eigenvalue weighted by Gasteiger charge is -2.39. The quantitative estimate of drug-likeness (QED) is 0.909. The van der Waals surface area contributed by atoms with E-state index < -0.39 is 5.76 Å². The number of benzene rings is 1. The number of aryl methyl sites for hydroxylation is 1. The lowest BCUT2D eigenvalue weighted by atomic mass is 9.82. The summed E-state index contributed by atoms with van der Waals surface area (Å²) in [5.41, 5.74) is 1.07. The molecule has 1 unspecified atom stereocenters. The van der Waals surface area contributed by atoms with Crippen LogP contribution in [0.15, 0.2) is 27.4 Å². The van der Waals surface area contributed by atoms with Crippen molar-refractivity contribution in [2.24, 2.45) is 12.5 Å². The zero-order chi connectivity index (χ0) is 15.9. The van der Waals surface area contributed by atoms with Gasteiger partial charge in [0.1, 0.15) is 0 Å². The molecule has 22 heavy (non-hydrogen) atoms. The van der Waals surface area contributed by atoms with E-state index in [9.17, 15) is 14.7 Å². The Labute approximate surface area is 127 Å². The number of nitrogens with zero attached hydrogens (tertiary/aromatic N) is 2. The highest BCUT2D eigenvalue weighted by atomic mass is 16.4. The predicted molar refractivity (Wildman–Crippen MR) is 81.8 cm³/mol. The summed E-state index contributed by atoms with van der Waals surface area (Å²) in [6.45, 7) is 3.20. The van der Waals surface area contributed by atoms with Crippen molar-refractivity contribution >= 4 is 17.0 Å². The highest BCUT2D eigenvalue weighted by Crippen LogP contribution is 2.30. The number of hydrogen-bond donors (Lipinski definition) is 1. The van der Waals surface area contributed by atoms with E-state index in [4.69, 9.17) is 4.42 Å². The van der Waals surface area contributed by atoms with E-state index in [1.165, 1.54) is 4.57 Å². The third-order valence-electron chi connectivity index (χ3n) is 4.50. The number of likely N-dealkylation sites (tertiary alicyclic amines) is 1. The van der Waals surface area contributed by atoms with Crippen LogP contribution < -0.4 is 5.76 Å². The Kier molecular flexibility index (Phi) is 3.56. The monoisotopic (exact) mass is 304 g/mol. The maximum Gasteiger partial charge on any atom is 0.419 e. The summed E-state index contributed by atoms with van der Waals surface area (Å²) in [6, 6.07) is 5.18. The number of carbonyl (C=O) groups excluding carboxylic acids is 1. The number of aromatic nitrogens is 1. The second-order valence-electron chi connectivity index (χ2n) is 6.38. The second kappa shape index (κ2) is 5.28. The van der Waals surface area contributed by atoms with Gasteiger partial charge in [0.05, 0.1) is 17.7 Å². The highest BCUT2D eigenvalue weighted by Gasteiger charge is 2.33. The molecule has 118 valence electrons. The molecule has 0 aliphatic carbocycles. The van der Waals surface area contributed by atoms with Crippen molar-refractivity contribution in [3.63, 3.8) is 0 Å². The van der Waals surface area contributed by atoms with Crippen molar-refractivity contribution in [1.82, 2.24) is 9.47 Å². The Morgan fingerprint density at radius 1 is 1.45 bits per heavy atom. The van der Waals surface area contributed by atoms with Gasteiger partial charge >= 0.3 is 5.76 Å². The van der Waals surface area contributed by atoms with E-state index >= 15 is 0 Å². The Bertz CT molecular complexity index is 776. The van der Waals surface area contributed by atoms with Gasteiger partial charge in [-0.15, -0.1) is 0 Å². The average molecular weight is 304 g/mol. The minimum atomic E-state index is -0.478. The van der Waals surface area contributed by atoms with Crippen LogP contribution >= 0.6 is 0 Å². The molecule has 0 spiro atoms. The molecule has 0 radical (unpaired) electrons. The van der Waals surface area contributed by atoms with Crippen molar-refractivity contribution in [1.29, 1.82) is 0 Å². The first-order chi connectivity index (χ1) is 10.4. The molecule has 1 N–H and O–H groups in total. The SMILES string of the molecule is Cn1c(=O)oc2c(C(=O)N3CCCC(C)(CO)C3)cccc21. The number of hydrogen-bond acceptors (Lipinski definition) is 4. The van der Waals surface area contributed by atoms with Crippen molar-refractivity contribution in [3.05, 3.63) is 34.3 Å². The molecule has 1 atom stereocenters. The third kappa shape index (κ3) is 2.33. The van der Waals surface area contributed by atoms with Crippen LogP contribution in [0, 0.1) is 5.41 Å². The van der Waals surface area contributed by atoms with E-state index in [0.29, 0.717) is 29.8 Å². The summed E-state index contributed by atoms with van der Waals surface area (Å²) in [6.07, 6.45) is 1.76. The van der Waals surface area contributed by atoms with Crippen LogP contribution in [0.4, 0.5) is 0 Å². The first-order valence-corrected chi connectivity index (χ1v) is 7.44. The molecule has 1 amide bonds. The molecule has 1 saturated heterocycles. The number of aliphatic hydroxyl groups excluding tert-OH is 1. The number of piperidine rings is 1. The van der Waals surface area contributed by atoms with Gasteiger partial charge in [-0.3, -0.25) is 9.36 Å². The van der Waals surface area contributed by atoms with Crippen LogP contribution in [0.5, 0.6) is 0 Å². The average Bonchev–Trinajstić information content (AvgIpc) is 2.82. The van der Waals surface area contributed by atoms with E-state index in [1.807, 2.05) is 6.92 Å². The van der Waals surface area contributed by atoms with Crippen LogP contribution in [0.1, 0.15) is 30.1 Å². The molecule has 0 bridgehead atoms. The highest BCUT2D eigenvalue weighted by molar-refractivity contribution is 6.04. The molecule has 2 heterocycles. The summed E-state index contributed by atoms with van der Waals surface area (Å²) in [5.74, 6) is -0.631. The van der Waals surface area contributed by atoms with Crippen LogP contribution in [-0.2, 0) is 7.05 Å². The summed E-state index contributed by atoms with van der Waals surface area (Å²) in [4.78, 5) is 26.2. The molecule has 6 heteroatoms. The van der Waals surface area contributed by atoms with Crippen molar-refractivity contribution in [2.45, 2.75) is 19.8 Å². The van der Waals surface area contributed by atoms with Crippen molar-refractivity contribution in [3.8, 4) is 0 Å². The Hall–Kier alpha value is -2.08. The smallest absolute Gasteiger partial charge is 0.407 e. The minimum Gasteiger partial charge on any atom is -0.407 e. The zero-order valence-corrected chi connectivity index (χ0v) is 12.8. The molecular weight excluding hydrogens is 284 g/mol. The van der Waals surface area contributed by atoms with Crippen LogP contribution in [-0.4, -0.2) is 40.2 Å². The molecule has 0 saturated carbocycles. The maximum atomic E-state index is 12.8. The number of fused-ring (bicyclic) bond motifs is 1. The molecule has 1 aromatic heterocycles. The fourth-order valence-electron chi connectivity index (χ4n) is 3.11. The number of amides is 1. The zero-order valence-electron chi connectivity index (χ0n) is 12.8. The number of aliphatic hydroxyl groups is 1. The van der Waals surface area contributed by atoms with Crippen molar-refractivity contribution in [2.75, 3.05) is 19.7 Å². The lowest BCUT2D eigenvalue weighted by Crippen LogP contribution is -2.46. The van der Waals surface area contributed by atoms with Crippen molar-refractivity contribution < 1.29 is 14.3 Å². The van der Waals surface area contributed by atoms with Crippen LogP contribution in [0.3, 0.4) is 0 Å². The Morgan fingerprint density at radius 3 is 2.95 bits per heavy atom. The van der Waals surface area contributed by atoms with Gasteiger partial charge in [0, 0.05) is 25.6 Å². The Balaban J connectivity index is 1.99. The first-order valence-electron chi connectivity index (χ1n) is 7.44. The molecule has 1 aliphatic heterocycles. The van der Waals surface area contributed by atoms with Gasteiger partial charge in [-0.1, -0.05) is 13.0 Å². The van der Waals surface area contributed by atoms with Gasteiger partial charge in [-0.2, -0.15) is 0 Å². The summed E-state index contributed by atoms with van der Waals surface area (Å²) < 4.78 is 6.62. The van der Waals surface area contributed by atoms with E-state index in [1.54, 1.807) is 30.1 Å². The molecular formula is C16H20N2O4. The van der Waals surface area contributed by atoms with Gasteiger partial charge in [0.2, 0.25) is 0 Å². The number of oxazole rings is 1. The van der Waals surface area contributed by atoms with Crippen LogP contribution in [0.25, 0.3) is 11.1 Å². The topological polar surface area (TPSA) is 75.7 Å². The number of carbonyl (C=O) groups is 1. The molecule has 1 aliphatic rings. The molecule has 1 aromatic carbocycles. The first kappa shape index (κ1) is 14.8. The molecule has 1 fully saturated rings. The molecule has 2 aromatic rings. The summed E-state index contributed by atoms with van der Waals surface area (Å²) in [7, 11) is 1.62. The minimum absolute atomic E-state index is 0.0569. The van der Waals surface area contributed by atoms with E-state index in [2.05, 4.69) is 0 Å². The normalized spacial score (nSPS) is 22.2. The Morgan fingerprint density at radius 2 is 2.23 bits per heavy atom. The summed E-state index contributed by atoms with van der Waals surface area (Å²) in [5, 5.41) is 9.53. The number of para-hydroxylation sites is 1. The predicted octanol–water partition coefficient (Wildman–Crippen LogP) is 1.37. The van der Waals surface area contributed by atoms with Gasteiger partial charge in [-0.25, -0.2) is 4.79 Å². The fourth-order valence-corrected chi connectivity index (χ4v) is 3.11. The molecule has 3 rings (SSSR count). The summed E-state index contributed by atoms with van der Waals surface area (Å²) >= 11 is 0. The lowest BCUT2D eigenvalue weighted by molar-refractivity contribution is 0.0358. The van der Waals surface area contributed by atoms with E-state index in [0.717, 1.165) is 12.8 Å². The number of rotatable bonds is 2. The third-order valence-corrected chi connectivity index (χ3v) is 4.50. The largest absolute Gasteiger partial charge is 0.419 e. The fraction of sp³-hybridized carbons (Fsp3) is 0.500. The van der Waals surface area contributed by atoms with Gasteiger partial charge in [0.25, 0.3) is 5.91 Å². The van der Waals surface area contributed by atoms with Crippen LogP contribution in [0.2, 0.25) is 0 Å². The van der Waals surface area contributed by atoms with Gasteiger partial charge in [0.15, 0.2) is 5.58 Å². The van der Waals surface area contributed by atoms with Gasteiger partial charge < -0.3 is 14.4 Å². The molecule has 6 nitrogen and oxygen atoms in total. The maximum absolute atomic E-state index is 12.8. The van der Waals surface area contributed by atoms with Gasteiger partial charge in [-0.05, 0) is 25.0 Å².